The molecule has 0 heterocycles. The van der Waals surface area contributed by atoms with Gasteiger partial charge in [0.2, 0.25) is 0 Å². The summed E-state index contributed by atoms with van der Waals surface area (Å²) in [5.74, 6) is 6.02. The Bertz CT molecular complexity index is 1100. The van der Waals surface area contributed by atoms with Crippen molar-refractivity contribution in [1.29, 1.82) is 0 Å². The third-order valence-electron chi connectivity index (χ3n) is 4.36. The van der Waals surface area contributed by atoms with Gasteiger partial charge in [0.25, 0.3) is 0 Å². The Morgan fingerprint density at radius 1 is 0.900 bits per heavy atom. The van der Waals surface area contributed by atoms with E-state index in [9.17, 15) is 4.79 Å². The standard InChI is InChI=1S/C26H20Cl2O2/c1-18-3-8-21(9-4-18)23(10-5-20-6-13-24(27)14-7-20)17-26(30-19(2)29)22-11-15-25(28)16-12-22/h3-4,6-9,11-17,26H,1-2H3/b23-17+. The fourth-order valence-corrected chi connectivity index (χ4v) is 3.05. The van der Waals surface area contributed by atoms with E-state index in [0.717, 1.165) is 27.8 Å². The zero-order chi connectivity index (χ0) is 21.5. The number of carbonyl (C=O) groups excluding carboxylic acids is 1. The van der Waals surface area contributed by atoms with E-state index in [0.29, 0.717) is 10.0 Å². The molecule has 0 radical (unpaired) electrons. The van der Waals surface area contributed by atoms with Gasteiger partial charge in [0.1, 0.15) is 6.10 Å². The lowest BCUT2D eigenvalue weighted by Crippen LogP contribution is -2.07. The molecule has 2 nitrogen and oxygen atoms in total. The molecule has 1 unspecified atom stereocenters. The zero-order valence-corrected chi connectivity index (χ0v) is 18.2. The summed E-state index contributed by atoms with van der Waals surface area (Å²) in [6, 6.07) is 22.6. The topological polar surface area (TPSA) is 26.3 Å². The van der Waals surface area contributed by atoms with Gasteiger partial charge < -0.3 is 4.74 Å². The molecule has 3 aromatic carbocycles. The Morgan fingerprint density at radius 3 is 2.03 bits per heavy atom. The normalized spacial score (nSPS) is 11.9. The number of aryl methyl sites for hydroxylation is 1. The summed E-state index contributed by atoms with van der Waals surface area (Å²) >= 11 is 12.0. The second kappa shape index (κ2) is 10.2. The number of benzene rings is 3. The molecule has 0 aliphatic heterocycles. The van der Waals surface area contributed by atoms with E-state index < -0.39 is 6.10 Å². The van der Waals surface area contributed by atoms with Crippen molar-refractivity contribution in [3.63, 3.8) is 0 Å². The molecule has 0 saturated heterocycles. The minimum absolute atomic E-state index is 0.375. The molecule has 1 atom stereocenters. The molecule has 3 aromatic rings. The van der Waals surface area contributed by atoms with E-state index in [1.165, 1.54) is 6.92 Å². The molecule has 0 amide bonds. The monoisotopic (exact) mass is 434 g/mol. The highest BCUT2D eigenvalue weighted by Crippen LogP contribution is 2.26. The first-order chi connectivity index (χ1) is 14.4. The van der Waals surface area contributed by atoms with Crippen LogP contribution in [0.2, 0.25) is 10.0 Å². The molecule has 0 aliphatic rings. The van der Waals surface area contributed by atoms with E-state index in [1.54, 1.807) is 24.3 Å². The minimum Gasteiger partial charge on any atom is -0.453 e. The van der Waals surface area contributed by atoms with Crippen LogP contribution in [0.5, 0.6) is 0 Å². The van der Waals surface area contributed by atoms with Crippen LogP contribution in [0.1, 0.15) is 35.3 Å². The van der Waals surface area contributed by atoms with Crippen molar-refractivity contribution in [1.82, 2.24) is 0 Å². The van der Waals surface area contributed by atoms with Gasteiger partial charge in [0.05, 0.1) is 0 Å². The number of halogens is 2. The maximum atomic E-state index is 11.7. The summed E-state index contributed by atoms with van der Waals surface area (Å²) in [4.78, 5) is 11.7. The maximum Gasteiger partial charge on any atom is 0.303 e. The van der Waals surface area contributed by atoms with Crippen LogP contribution in [-0.4, -0.2) is 5.97 Å². The van der Waals surface area contributed by atoms with Crippen LogP contribution in [-0.2, 0) is 9.53 Å². The summed E-state index contributed by atoms with van der Waals surface area (Å²) in [6.07, 6.45) is 1.27. The van der Waals surface area contributed by atoms with Gasteiger partial charge in [0, 0.05) is 28.1 Å². The first-order valence-electron chi connectivity index (χ1n) is 9.40. The largest absolute Gasteiger partial charge is 0.453 e. The van der Waals surface area contributed by atoms with Gasteiger partial charge in [-0.25, -0.2) is 0 Å². The fourth-order valence-electron chi connectivity index (χ4n) is 2.80. The predicted molar refractivity (Wildman–Crippen MR) is 123 cm³/mol. The third-order valence-corrected chi connectivity index (χ3v) is 4.86. The minimum atomic E-state index is -0.587. The Balaban J connectivity index is 2.06. The van der Waals surface area contributed by atoms with Gasteiger partial charge in [-0.15, -0.1) is 0 Å². The lowest BCUT2D eigenvalue weighted by atomic mass is 10.00. The highest BCUT2D eigenvalue weighted by molar-refractivity contribution is 6.30. The summed E-state index contributed by atoms with van der Waals surface area (Å²) < 4.78 is 5.58. The molecule has 150 valence electrons. The van der Waals surface area contributed by atoms with Gasteiger partial charge in [-0.3, -0.25) is 4.79 Å². The molecule has 0 saturated carbocycles. The summed E-state index contributed by atoms with van der Waals surface area (Å²) in [5, 5.41) is 1.28. The van der Waals surface area contributed by atoms with Crippen molar-refractivity contribution in [2.45, 2.75) is 20.0 Å². The second-order valence-electron chi connectivity index (χ2n) is 6.78. The third kappa shape index (κ3) is 6.26. The summed E-state index contributed by atoms with van der Waals surface area (Å²) in [6.45, 7) is 3.42. The van der Waals surface area contributed by atoms with Crippen LogP contribution in [0.15, 0.2) is 78.9 Å². The van der Waals surface area contributed by atoms with Gasteiger partial charge in [-0.05, 0) is 60.5 Å². The number of esters is 1. The number of carbonyl (C=O) groups is 1. The number of hydrogen-bond donors (Lipinski definition) is 0. The van der Waals surface area contributed by atoms with Crippen LogP contribution in [0.3, 0.4) is 0 Å². The summed E-state index contributed by atoms with van der Waals surface area (Å²) in [7, 11) is 0. The van der Waals surface area contributed by atoms with Crippen LogP contribution < -0.4 is 0 Å². The lowest BCUT2D eigenvalue weighted by Gasteiger charge is -2.15. The molecular formula is C26H20Cl2O2. The molecule has 0 spiro atoms. The Hall–Kier alpha value is -2.99. The van der Waals surface area contributed by atoms with Gasteiger partial charge in [-0.2, -0.15) is 0 Å². The van der Waals surface area contributed by atoms with Crippen molar-refractivity contribution in [3.05, 3.63) is 111 Å². The Labute approximate surface area is 187 Å². The molecule has 0 aromatic heterocycles. The Kier molecular flexibility index (Phi) is 7.36. The predicted octanol–water partition coefficient (Wildman–Crippen LogP) is 7.04. The van der Waals surface area contributed by atoms with Crippen LogP contribution >= 0.6 is 23.2 Å². The van der Waals surface area contributed by atoms with Crippen LogP contribution in [0.25, 0.3) is 5.57 Å². The molecule has 30 heavy (non-hydrogen) atoms. The smallest absolute Gasteiger partial charge is 0.303 e. The molecular weight excluding hydrogens is 415 g/mol. The SMILES string of the molecule is CC(=O)OC(/C=C(\C#Cc1ccc(Cl)cc1)c1ccc(C)cc1)c1ccc(Cl)cc1. The molecule has 0 bridgehead atoms. The first kappa shape index (κ1) is 21.7. The van der Waals surface area contributed by atoms with Crippen molar-refractivity contribution >= 4 is 34.7 Å². The van der Waals surface area contributed by atoms with Gasteiger partial charge in [0.15, 0.2) is 0 Å². The molecule has 0 fully saturated rings. The average molecular weight is 435 g/mol. The van der Waals surface area contributed by atoms with Crippen LogP contribution in [0.4, 0.5) is 0 Å². The maximum absolute atomic E-state index is 11.7. The van der Waals surface area contributed by atoms with E-state index in [2.05, 4.69) is 11.8 Å². The van der Waals surface area contributed by atoms with E-state index in [-0.39, 0.29) is 5.97 Å². The second-order valence-corrected chi connectivity index (χ2v) is 7.66. The van der Waals surface area contributed by atoms with Crippen molar-refractivity contribution in [2.24, 2.45) is 0 Å². The quantitative estimate of drug-likeness (QED) is 0.325. The zero-order valence-electron chi connectivity index (χ0n) is 16.7. The first-order valence-corrected chi connectivity index (χ1v) is 10.2. The molecule has 4 heteroatoms. The number of rotatable bonds is 4. The van der Waals surface area contributed by atoms with Gasteiger partial charge >= 0.3 is 5.97 Å². The number of hydrogen-bond acceptors (Lipinski definition) is 2. The number of ether oxygens (including phenoxy) is 1. The average Bonchev–Trinajstić information content (AvgIpc) is 2.72. The van der Waals surface area contributed by atoms with Crippen LogP contribution in [0, 0.1) is 18.8 Å². The fraction of sp³-hybridized carbons (Fsp3) is 0.115. The molecule has 0 N–H and O–H groups in total. The molecule has 3 rings (SSSR count). The molecule has 0 aliphatic carbocycles. The number of allylic oxidation sites excluding steroid dienone is 1. The van der Waals surface area contributed by atoms with Gasteiger partial charge in [-0.1, -0.05) is 77.0 Å². The van der Waals surface area contributed by atoms with Crippen molar-refractivity contribution in [3.8, 4) is 11.8 Å². The lowest BCUT2D eigenvalue weighted by molar-refractivity contribution is -0.144. The van der Waals surface area contributed by atoms with E-state index in [1.807, 2.05) is 61.5 Å². The Morgan fingerprint density at radius 2 is 1.47 bits per heavy atom. The highest BCUT2D eigenvalue weighted by Gasteiger charge is 2.14. The summed E-state index contributed by atoms with van der Waals surface area (Å²) in [5.41, 5.74) is 4.50. The van der Waals surface area contributed by atoms with E-state index in [4.69, 9.17) is 27.9 Å². The highest BCUT2D eigenvalue weighted by atomic mass is 35.5. The van der Waals surface area contributed by atoms with E-state index >= 15 is 0 Å². The van der Waals surface area contributed by atoms with Crippen molar-refractivity contribution < 1.29 is 9.53 Å². The van der Waals surface area contributed by atoms with Crippen molar-refractivity contribution in [2.75, 3.05) is 0 Å².